The summed E-state index contributed by atoms with van der Waals surface area (Å²) < 4.78 is 39.8. The number of hydrogen-bond acceptors (Lipinski definition) is 5. The molecule has 0 aliphatic carbocycles. The van der Waals surface area contributed by atoms with Crippen LogP contribution >= 0.6 is 0 Å². The Kier molecular flexibility index (Phi) is 4.14. The van der Waals surface area contributed by atoms with E-state index in [1.165, 1.54) is 0 Å². The molecule has 11 heteroatoms. The maximum Gasteiger partial charge on any atom is 0.416 e. The van der Waals surface area contributed by atoms with Crippen LogP contribution in [0.15, 0.2) is 47.4 Å². The Hall–Kier alpha value is -3.76. The van der Waals surface area contributed by atoms with Gasteiger partial charge in [0.25, 0.3) is 5.56 Å². The minimum absolute atomic E-state index is 0.0679. The third-order valence-corrected chi connectivity index (χ3v) is 3.74. The summed E-state index contributed by atoms with van der Waals surface area (Å²) in [5, 5.41) is 20.0. The van der Waals surface area contributed by atoms with E-state index < -0.39 is 39.6 Å². The summed E-state index contributed by atoms with van der Waals surface area (Å²) in [7, 11) is 0. The zero-order chi connectivity index (χ0) is 19.9. The number of pyridine rings is 2. The highest BCUT2D eigenvalue weighted by molar-refractivity contribution is 5.93. The lowest BCUT2D eigenvalue weighted by Gasteiger charge is -2.13. The normalized spacial score (nSPS) is 11.5. The maximum absolute atomic E-state index is 13.0. The predicted molar refractivity (Wildman–Crippen MR) is 86.0 cm³/mol. The van der Waals surface area contributed by atoms with Crippen molar-refractivity contribution in [2.75, 3.05) is 0 Å². The molecule has 0 aliphatic rings. The van der Waals surface area contributed by atoms with Gasteiger partial charge in [0.1, 0.15) is 5.56 Å². The van der Waals surface area contributed by atoms with E-state index in [0.717, 1.165) is 41.1 Å². The lowest BCUT2D eigenvalue weighted by atomic mass is 10.1. The molecule has 3 aromatic rings. The highest BCUT2D eigenvalue weighted by Crippen LogP contribution is 2.32. The van der Waals surface area contributed by atoms with Gasteiger partial charge >= 0.3 is 18.0 Å². The number of rotatable bonds is 3. The summed E-state index contributed by atoms with van der Waals surface area (Å²) in [6.45, 7) is 0. The van der Waals surface area contributed by atoms with Crippen molar-refractivity contribution in [3.05, 3.63) is 74.2 Å². The predicted octanol–water partition coefficient (Wildman–Crippen LogP) is 3.01. The quantitative estimate of drug-likeness (QED) is 0.552. The van der Waals surface area contributed by atoms with E-state index in [1.807, 2.05) is 0 Å². The van der Waals surface area contributed by atoms with Crippen LogP contribution in [0.1, 0.15) is 15.9 Å². The number of hydrogen-bond donors (Lipinski definition) is 1. The van der Waals surface area contributed by atoms with Gasteiger partial charge in [-0.1, -0.05) is 6.07 Å². The average molecular weight is 379 g/mol. The third kappa shape index (κ3) is 3.21. The number of aromatic carboxylic acids is 1. The first kappa shape index (κ1) is 18.0. The molecular weight excluding hydrogens is 371 g/mol. The van der Waals surface area contributed by atoms with Crippen LogP contribution in [0, 0.1) is 10.1 Å². The fraction of sp³-hybridized carbons (Fsp3) is 0.0625. The molecule has 0 radical (unpaired) electrons. The second kappa shape index (κ2) is 6.20. The number of nitro groups is 1. The highest BCUT2D eigenvalue weighted by atomic mass is 19.4. The zero-order valence-electron chi connectivity index (χ0n) is 13.1. The van der Waals surface area contributed by atoms with Crippen molar-refractivity contribution in [3.63, 3.8) is 0 Å². The molecule has 2 aromatic heterocycles. The van der Waals surface area contributed by atoms with E-state index in [-0.39, 0.29) is 16.6 Å². The van der Waals surface area contributed by atoms with Crippen LogP contribution in [0.5, 0.6) is 0 Å². The van der Waals surface area contributed by atoms with Crippen molar-refractivity contribution in [3.8, 4) is 5.69 Å². The number of benzene rings is 1. The van der Waals surface area contributed by atoms with Gasteiger partial charge in [-0.05, 0) is 39.6 Å². The highest BCUT2D eigenvalue weighted by Gasteiger charge is 2.31. The molecule has 2 heterocycles. The number of carboxylic acids is 1. The lowest BCUT2D eigenvalue weighted by Crippen LogP contribution is -2.26. The molecule has 0 spiro atoms. The van der Waals surface area contributed by atoms with E-state index in [1.54, 1.807) is 0 Å². The van der Waals surface area contributed by atoms with Crippen LogP contribution in [0.3, 0.4) is 0 Å². The van der Waals surface area contributed by atoms with Gasteiger partial charge in [-0.25, -0.2) is 4.79 Å². The maximum atomic E-state index is 13.0. The molecule has 27 heavy (non-hydrogen) atoms. The Morgan fingerprint density at radius 2 is 1.89 bits per heavy atom. The van der Waals surface area contributed by atoms with Crippen molar-refractivity contribution in [2.24, 2.45) is 0 Å². The van der Waals surface area contributed by atoms with E-state index in [0.29, 0.717) is 6.07 Å². The zero-order valence-corrected chi connectivity index (χ0v) is 13.1. The van der Waals surface area contributed by atoms with E-state index in [9.17, 15) is 38.0 Å². The Bertz CT molecular complexity index is 1140. The second-order valence-electron chi connectivity index (χ2n) is 5.41. The molecule has 0 amide bonds. The van der Waals surface area contributed by atoms with Crippen LogP contribution in [-0.2, 0) is 6.18 Å². The van der Waals surface area contributed by atoms with Gasteiger partial charge in [0.05, 0.1) is 16.8 Å². The number of alkyl halides is 3. The number of aromatic nitrogens is 2. The largest absolute Gasteiger partial charge is 0.477 e. The summed E-state index contributed by atoms with van der Waals surface area (Å²) in [6.07, 6.45) is -3.78. The number of nitrogens with zero attached hydrogens (tertiary/aromatic N) is 3. The molecule has 0 saturated carbocycles. The first-order valence-corrected chi connectivity index (χ1v) is 7.20. The molecule has 0 unspecified atom stereocenters. The molecule has 8 nitrogen and oxygen atoms in total. The minimum Gasteiger partial charge on any atom is -0.477 e. The van der Waals surface area contributed by atoms with Gasteiger partial charge in [0.15, 0.2) is 6.20 Å². The number of carboxylic acid groups (broad SMARTS) is 1. The van der Waals surface area contributed by atoms with Crippen molar-refractivity contribution in [1.29, 1.82) is 0 Å². The van der Waals surface area contributed by atoms with Crippen molar-refractivity contribution in [1.82, 2.24) is 9.55 Å². The van der Waals surface area contributed by atoms with Gasteiger partial charge in [-0.15, -0.1) is 0 Å². The number of fused-ring (bicyclic) bond motifs is 1. The third-order valence-electron chi connectivity index (χ3n) is 3.74. The Labute approximate surface area is 147 Å². The number of carbonyl (C=O) groups is 1. The van der Waals surface area contributed by atoms with Crippen molar-refractivity contribution in [2.45, 2.75) is 6.18 Å². The fourth-order valence-electron chi connectivity index (χ4n) is 2.51. The Morgan fingerprint density at radius 1 is 1.19 bits per heavy atom. The standard InChI is InChI=1S/C16H8F3N3O5/c17-16(18,19)9-2-1-8-5-11(15(24)25)14(23)21(12(8)6-9)10-3-4-13(20-7-10)22(26)27/h1-7H,(H,24,25). The molecule has 0 saturated heterocycles. The minimum atomic E-state index is -4.69. The summed E-state index contributed by atoms with van der Waals surface area (Å²) in [4.78, 5) is 37.3. The molecular formula is C16H8F3N3O5. The van der Waals surface area contributed by atoms with Crippen LogP contribution in [0.2, 0.25) is 0 Å². The lowest BCUT2D eigenvalue weighted by molar-refractivity contribution is -0.389. The van der Waals surface area contributed by atoms with Crippen molar-refractivity contribution < 1.29 is 28.0 Å². The molecule has 0 bridgehead atoms. The van der Waals surface area contributed by atoms with E-state index in [2.05, 4.69) is 4.98 Å². The van der Waals surface area contributed by atoms with Gasteiger partial charge in [-0.3, -0.25) is 9.36 Å². The van der Waals surface area contributed by atoms with Gasteiger partial charge in [0, 0.05) is 6.07 Å². The first-order chi connectivity index (χ1) is 12.6. The van der Waals surface area contributed by atoms with Gasteiger partial charge in [-0.2, -0.15) is 13.2 Å². The van der Waals surface area contributed by atoms with E-state index in [4.69, 9.17) is 0 Å². The van der Waals surface area contributed by atoms with Crippen LogP contribution in [0.4, 0.5) is 19.0 Å². The molecule has 0 fully saturated rings. The second-order valence-corrected chi connectivity index (χ2v) is 5.41. The summed E-state index contributed by atoms with van der Waals surface area (Å²) in [6, 6.07) is 5.52. The van der Waals surface area contributed by atoms with Crippen LogP contribution < -0.4 is 5.56 Å². The monoisotopic (exact) mass is 379 g/mol. The summed E-state index contributed by atoms with van der Waals surface area (Å²) >= 11 is 0. The van der Waals surface area contributed by atoms with Gasteiger partial charge in [0.2, 0.25) is 0 Å². The smallest absolute Gasteiger partial charge is 0.416 e. The Morgan fingerprint density at radius 3 is 2.41 bits per heavy atom. The molecule has 1 aromatic carbocycles. The van der Waals surface area contributed by atoms with Crippen LogP contribution in [0.25, 0.3) is 16.6 Å². The van der Waals surface area contributed by atoms with E-state index >= 15 is 0 Å². The molecule has 138 valence electrons. The van der Waals surface area contributed by atoms with Crippen molar-refractivity contribution >= 4 is 22.7 Å². The number of halogens is 3. The first-order valence-electron chi connectivity index (χ1n) is 7.20. The molecule has 0 atom stereocenters. The van der Waals surface area contributed by atoms with Crippen LogP contribution in [-0.4, -0.2) is 25.6 Å². The molecule has 3 rings (SSSR count). The molecule has 0 aliphatic heterocycles. The molecule has 1 N–H and O–H groups in total. The fourth-order valence-corrected chi connectivity index (χ4v) is 2.51. The average Bonchev–Trinajstić information content (AvgIpc) is 2.59. The summed E-state index contributed by atoms with van der Waals surface area (Å²) in [5.41, 5.74) is -3.12. The SMILES string of the molecule is O=C(O)c1cc2ccc(C(F)(F)F)cc2n(-c2ccc([N+](=O)[O-])nc2)c1=O. The summed E-state index contributed by atoms with van der Waals surface area (Å²) in [5.74, 6) is -2.10. The van der Waals surface area contributed by atoms with Gasteiger partial charge < -0.3 is 15.2 Å². The Balaban J connectivity index is 2.39. The topological polar surface area (TPSA) is 115 Å².